The highest BCUT2D eigenvalue weighted by molar-refractivity contribution is 6.46. The fourth-order valence-electron chi connectivity index (χ4n) is 4.20. The van der Waals surface area contributed by atoms with Gasteiger partial charge in [-0.1, -0.05) is 105 Å². The number of benzene rings is 3. The van der Waals surface area contributed by atoms with E-state index in [0.29, 0.717) is 5.56 Å². The minimum Gasteiger partial charge on any atom is -0.507 e. The lowest BCUT2D eigenvalue weighted by Crippen LogP contribution is -2.29. The van der Waals surface area contributed by atoms with Crippen LogP contribution < -0.4 is 0 Å². The molecule has 4 heteroatoms. The number of likely N-dealkylation sites (tertiary alicyclic amines) is 1. The van der Waals surface area contributed by atoms with Crippen molar-refractivity contribution >= 4 is 17.4 Å². The third kappa shape index (κ3) is 4.47. The number of carbonyl (C=O) groups excluding carboxylic acids is 2. The number of nitrogens with zero attached hydrogens (tertiary/aromatic N) is 1. The summed E-state index contributed by atoms with van der Waals surface area (Å²) < 4.78 is 0. The molecule has 1 heterocycles. The summed E-state index contributed by atoms with van der Waals surface area (Å²) in [6.07, 6.45) is 0. The molecule has 3 aromatic rings. The van der Waals surface area contributed by atoms with Crippen LogP contribution in [-0.4, -0.2) is 21.7 Å². The van der Waals surface area contributed by atoms with E-state index in [1.807, 2.05) is 73.7 Å². The molecule has 0 bridgehead atoms. The van der Waals surface area contributed by atoms with Gasteiger partial charge in [-0.15, -0.1) is 0 Å². The first-order chi connectivity index (χ1) is 15.7. The minimum atomic E-state index is -0.666. The molecular formula is C29H29NO3. The van der Waals surface area contributed by atoms with E-state index in [4.69, 9.17) is 0 Å². The number of carbonyl (C=O) groups is 2. The Balaban J connectivity index is 1.85. The van der Waals surface area contributed by atoms with Gasteiger partial charge >= 0.3 is 0 Å². The Morgan fingerprint density at radius 2 is 1.48 bits per heavy atom. The second kappa shape index (κ2) is 8.70. The summed E-state index contributed by atoms with van der Waals surface area (Å²) in [5.74, 6) is -1.40. The summed E-state index contributed by atoms with van der Waals surface area (Å²) in [5.41, 5.74) is 4.55. The third-order valence-corrected chi connectivity index (χ3v) is 6.15. The Kier molecular flexibility index (Phi) is 5.94. The molecule has 1 unspecified atom stereocenters. The topological polar surface area (TPSA) is 57.6 Å². The lowest BCUT2D eigenvalue weighted by atomic mass is 9.85. The zero-order valence-electron chi connectivity index (χ0n) is 19.5. The molecule has 0 aromatic heterocycles. The second-order valence-corrected chi connectivity index (χ2v) is 9.65. The number of Topliss-reactive ketones (excluding diaryl/α,β-unsaturated/α-hetero) is 1. The smallest absolute Gasteiger partial charge is 0.295 e. The number of aliphatic hydroxyl groups is 1. The van der Waals surface area contributed by atoms with Crippen molar-refractivity contribution in [1.82, 2.24) is 4.90 Å². The summed E-state index contributed by atoms with van der Waals surface area (Å²) >= 11 is 0. The molecule has 1 amide bonds. The summed E-state index contributed by atoms with van der Waals surface area (Å²) in [4.78, 5) is 27.9. The van der Waals surface area contributed by atoms with E-state index in [9.17, 15) is 14.7 Å². The number of aryl methyl sites for hydroxylation is 1. The number of hydrogen-bond acceptors (Lipinski definition) is 3. The van der Waals surface area contributed by atoms with Crippen molar-refractivity contribution < 1.29 is 14.7 Å². The molecule has 4 rings (SSSR count). The van der Waals surface area contributed by atoms with Crippen molar-refractivity contribution in [1.29, 1.82) is 0 Å². The standard InChI is InChI=1S/C29H29NO3/c1-19-10-12-22(13-11-19)26(31)24-25(21-14-16-23(17-15-21)29(2,3)4)30(28(33)27(24)32)18-20-8-6-5-7-9-20/h5-17,25,31H,18H2,1-4H3/b26-24-. The van der Waals surface area contributed by atoms with E-state index in [1.165, 1.54) is 0 Å². The van der Waals surface area contributed by atoms with E-state index >= 15 is 0 Å². The molecule has 0 aliphatic carbocycles. The molecule has 1 saturated heterocycles. The molecule has 1 aliphatic heterocycles. The molecule has 0 saturated carbocycles. The third-order valence-electron chi connectivity index (χ3n) is 6.15. The fraction of sp³-hybridized carbons (Fsp3) is 0.241. The van der Waals surface area contributed by atoms with Gasteiger partial charge in [0.1, 0.15) is 5.76 Å². The van der Waals surface area contributed by atoms with Gasteiger partial charge in [0.15, 0.2) is 0 Å². The molecule has 1 aliphatic rings. The first kappa shape index (κ1) is 22.5. The van der Waals surface area contributed by atoms with Crippen LogP contribution in [0.3, 0.4) is 0 Å². The van der Waals surface area contributed by atoms with Crippen LogP contribution in [0.25, 0.3) is 5.76 Å². The predicted molar refractivity (Wildman–Crippen MR) is 131 cm³/mol. The maximum Gasteiger partial charge on any atom is 0.295 e. The Morgan fingerprint density at radius 3 is 2.06 bits per heavy atom. The molecule has 33 heavy (non-hydrogen) atoms. The van der Waals surface area contributed by atoms with Gasteiger partial charge in [-0.05, 0) is 29.0 Å². The first-order valence-electron chi connectivity index (χ1n) is 11.2. The average molecular weight is 440 g/mol. The average Bonchev–Trinajstić information content (AvgIpc) is 3.04. The van der Waals surface area contributed by atoms with Gasteiger partial charge in [0.25, 0.3) is 11.7 Å². The summed E-state index contributed by atoms with van der Waals surface area (Å²) in [6.45, 7) is 8.66. The van der Waals surface area contributed by atoms with Gasteiger partial charge in [-0.2, -0.15) is 0 Å². The van der Waals surface area contributed by atoms with E-state index < -0.39 is 17.7 Å². The highest BCUT2D eigenvalue weighted by Crippen LogP contribution is 2.40. The molecule has 1 N–H and O–H groups in total. The SMILES string of the molecule is Cc1ccc(/C(O)=C2/C(=O)C(=O)N(Cc3ccccc3)C2c2ccc(C(C)(C)C)cc2)cc1. The molecule has 0 spiro atoms. The summed E-state index contributed by atoms with van der Waals surface area (Å²) in [6, 6.07) is 24.2. The predicted octanol–water partition coefficient (Wildman–Crippen LogP) is 5.91. The normalized spacial score (nSPS) is 18.1. The first-order valence-corrected chi connectivity index (χ1v) is 11.2. The Hall–Kier alpha value is -3.66. The van der Waals surface area contributed by atoms with Crippen molar-refractivity contribution in [2.24, 2.45) is 0 Å². The Morgan fingerprint density at radius 1 is 0.879 bits per heavy atom. The lowest BCUT2D eigenvalue weighted by Gasteiger charge is -2.26. The van der Waals surface area contributed by atoms with Gasteiger partial charge in [-0.25, -0.2) is 0 Å². The number of aliphatic hydroxyl groups excluding tert-OH is 1. The van der Waals surface area contributed by atoms with E-state index in [0.717, 1.165) is 22.3 Å². The van der Waals surface area contributed by atoms with Crippen molar-refractivity contribution in [3.63, 3.8) is 0 Å². The quantitative estimate of drug-likeness (QED) is 0.312. The minimum absolute atomic E-state index is 0.0216. The second-order valence-electron chi connectivity index (χ2n) is 9.65. The largest absolute Gasteiger partial charge is 0.507 e. The van der Waals surface area contributed by atoms with Crippen LogP contribution in [0.2, 0.25) is 0 Å². The van der Waals surface area contributed by atoms with Crippen molar-refractivity contribution in [3.05, 3.63) is 112 Å². The maximum absolute atomic E-state index is 13.2. The summed E-state index contributed by atoms with van der Waals surface area (Å²) in [7, 11) is 0. The van der Waals surface area contributed by atoms with Crippen molar-refractivity contribution in [2.75, 3.05) is 0 Å². The van der Waals surface area contributed by atoms with Crippen LogP contribution in [0.15, 0.2) is 84.4 Å². The molecule has 168 valence electrons. The van der Waals surface area contributed by atoms with Crippen molar-refractivity contribution in [3.8, 4) is 0 Å². The van der Waals surface area contributed by atoms with Crippen LogP contribution >= 0.6 is 0 Å². The molecule has 1 atom stereocenters. The van der Waals surface area contributed by atoms with E-state index in [1.54, 1.807) is 17.0 Å². The molecule has 4 nitrogen and oxygen atoms in total. The van der Waals surface area contributed by atoms with E-state index in [-0.39, 0.29) is 23.3 Å². The van der Waals surface area contributed by atoms with Crippen LogP contribution in [0, 0.1) is 6.92 Å². The van der Waals surface area contributed by atoms with Crippen molar-refractivity contribution in [2.45, 2.75) is 45.7 Å². The monoisotopic (exact) mass is 439 g/mol. The lowest BCUT2D eigenvalue weighted by molar-refractivity contribution is -0.140. The summed E-state index contributed by atoms with van der Waals surface area (Å²) in [5, 5.41) is 11.2. The van der Waals surface area contributed by atoms with Crippen LogP contribution in [0.5, 0.6) is 0 Å². The van der Waals surface area contributed by atoms with Gasteiger partial charge < -0.3 is 10.0 Å². The zero-order chi connectivity index (χ0) is 23.8. The van der Waals surface area contributed by atoms with Gasteiger partial charge in [0.05, 0.1) is 11.6 Å². The number of amides is 1. The van der Waals surface area contributed by atoms with Gasteiger partial charge in [0, 0.05) is 12.1 Å². The van der Waals surface area contributed by atoms with Crippen LogP contribution in [0.4, 0.5) is 0 Å². The number of ketones is 1. The zero-order valence-corrected chi connectivity index (χ0v) is 19.5. The maximum atomic E-state index is 13.2. The van der Waals surface area contributed by atoms with Gasteiger partial charge in [0.2, 0.25) is 0 Å². The number of rotatable bonds is 4. The highest BCUT2D eigenvalue weighted by Gasteiger charge is 2.46. The highest BCUT2D eigenvalue weighted by atomic mass is 16.3. The van der Waals surface area contributed by atoms with Crippen LogP contribution in [0.1, 0.15) is 54.6 Å². The molecule has 1 fully saturated rings. The van der Waals surface area contributed by atoms with E-state index in [2.05, 4.69) is 20.8 Å². The molecule has 0 radical (unpaired) electrons. The number of hydrogen-bond donors (Lipinski definition) is 1. The fourth-order valence-corrected chi connectivity index (χ4v) is 4.20. The Labute approximate surface area is 195 Å². The molecular weight excluding hydrogens is 410 g/mol. The van der Waals surface area contributed by atoms with Gasteiger partial charge in [-0.3, -0.25) is 9.59 Å². The Bertz CT molecular complexity index is 1200. The van der Waals surface area contributed by atoms with Crippen LogP contribution in [-0.2, 0) is 21.5 Å². The molecule has 3 aromatic carbocycles.